The Labute approximate surface area is 183 Å². The molecule has 2 aliphatic rings. The Morgan fingerprint density at radius 3 is 2.70 bits per heavy atom. The van der Waals surface area contributed by atoms with Crippen molar-refractivity contribution in [2.45, 2.75) is 37.7 Å². The van der Waals surface area contributed by atoms with E-state index in [0.717, 1.165) is 11.8 Å². The molecule has 12 heteroatoms. The molecular weight excluding hydrogens is 457 g/mol. The number of hydrogen-bond donors (Lipinski definition) is 1. The number of aliphatic imine (C=N–C) groups is 1. The molecule has 2 aliphatic heterocycles. The second kappa shape index (κ2) is 8.35. The molecule has 2 amide bonds. The van der Waals surface area contributed by atoms with Crippen molar-refractivity contribution in [2.75, 3.05) is 23.0 Å². The smallest absolute Gasteiger partial charge is 0.408 e. The van der Waals surface area contributed by atoms with Crippen LogP contribution in [0.25, 0.3) is 0 Å². The molecule has 0 aromatic heterocycles. The van der Waals surface area contributed by atoms with Crippen LogP contribution in [0, 0.1) is 5.82 Å². The molecule has 2 atom stereocenters. The minimum atomic E-state index is -3.24. The minimum Gasteiger partial charge on any atom is -0.444 e. The van der Waals surface area contributed by atoms with Gasteiger partial charge < -0.3 is 15.0 Å². The molecule has 164 valence electrons. The Morgan fingerprint density at radius 2 is 2.07 bits per heavy atom. The summed E-state index contributed by atoms with van der Waals surface area (Å²) < 4.78 is 42.8. The van der Waals surface area contributed by atoms with E-state index in [1.807, 2.05) is 0 Å². The van der Waals surface area contributed by atoms with Gasteiger partial charge in [-0.1, -0.05) is 23.4 Å². The number of alkyl carbamates (subject to hydrolysis) is 1. The number of ether oxygens (including phenoxy) is 1. The van der Waals surface area contributed by atoms with E-state index in [2.05, 4.69) is 10.3 Å². The van der Waals surface area contributed by atoms with Gasteiger partial charge in [0.1, 0.15) is 18.0 Å². The van der Waals surface area contributed by atoms with Crippen LogP contribution in [0.4, 0.5) is 14.9 Å². The summed E-state index contributed by atoms with van der Waals surface area (Å²) in [6.45, 7) is 4.71. The molecular formula is C18H21ClFN3O5S2. The summed E-state index contributed by atoms with van der Waals surface area (Å²) in [5.74, 6) is -1.40. The molecule has 1 aromatic carbocycles. The predicted octanol–water partition coefficient (Wildman–Crippen LogP) is 2.61. The van der Waals surface area contributed by atoms with Crippen molar-refractivity contribution in [1.82, 2.24) is 5.32 Å². The molecule has 2 saturated heterocycles. The van der Waals surface area contributed by atoms with E-state index >= 15 is 0 Å². The Balaban J connectivity index is 1.80. The standard InChI is InChI=1S/C18H21ClFN3O5S2/c1-18(2,3)28-17(25)21-7-15(24)22-16-23(10-4-5-12(20)11(19)6-10)13-8-30(26,27)9-14(13)29-16/h4-6,13-14H,7-9H2,1-3H3,(H,21,25)/t13-,14-/m1/s1. The van der Waals surface area contributed by atoms with Gasteiger partial charge in [-0.05, 0) is 39.0 Å². The lowest BCUT2D eigenvalue weighted by atomic mass is 10.2. The summed E-state index contributed by atoms with van der Waals surface area (Å²) >= 11 is 7.05. The molecule has 8 nitrogen and oxygen atoms in total. The lowest BCUT2D eigenvalue weighted by molar-refractivity contribution is -0.117. The van der Waals surface area contributed by atoms with Crippen molar-refractivity contribution in [3.63, 3.8) is 0 Å². The molecule has 0 saturated carbocycles. The lowest BCUT2D eigenvalue weighted by Crippen LogP contribution is -2.38. The number of sulfone groups is 1. The third-order valence-electron chi connectivity index (χ3n) is 4.25. The number of benzene rings is 1. The number of nitrogens with one attached hydrogen (secondary N) is 1. The highest BCUT2D eigenvalue weighted by atomic mass is 35.5. The van der Waals surface area contributed by atoms with Crippen LogP contribution in [0.15, 0.2) is 23.2 Å². The van der Waals surface area contributed by atoms with E-state index < -0.39 is 39.3 Å². The van der Waals surface area contributed by atoms with Crippen molar-refractivity contribution in [3.05, 3.63) is 29.0 Å². The van der Waals surface area contributed by atoms with Gasteiger partial charge in [0.2, 0.25) is 0 Å². The Bertz CT molecular complexity index is 1010. The molecule has 3 rings (SSSR count). The number of amides is 2. The van der Waals surface area contributed by atoms with Crippen LogP contribution in [0.2, 0.25) is 5.02 Å². The topological polar surface area (TPSA) is 105 Å². The highest BCUT2D eigenvalue weighted by molar-refractivity contribution is 8.16. The van der Waals surface area contributed by atoms with Gasteiger partial charge in [-0.15, -0.1) is 0 Å². The summed E-state index contributed by atoms with van der Waals surface area (Å²) in [7, 11) is -3.24. The molecule has 30 heavy (non-hydrogen) atoms. The summed E-state index contributed by atoms with van der Waals surface area (Å²) in [6.07, 6.45) is -0.750. The largest absolute Gasteiger partial charge is 0.444 e. The highest BCUT2D eigenvalue weighted by Gasteiger charge is 2.49. The van der Waals surface area contributed by atoms with Gasteiger partial charge in [0.25, 0.3) is 5.91 Å². The highest BCUT2D eigenvalue weighted by Crippen LogP contribution is 2.41. The number of nitrogens with zero attached hydrogens (tertiary/aromatic N) is 2. The van der Waals surface area contributed by atoms with Crippen LogP contribution < -0.4 is 10.2 Å². The van der Waals surface area contributed by atoms with E-state index in [-0.39, 0.29) is 33.5 Å². The number of hydrogen-bond acceptors (Lipinski definition) is 6. The number of amidine groups is 1. The maximum absolute atomic E-state index is 13.6. The van der Waals surface area contributed by atoms with Gasteiger partial charge >= 0.3 is 6.09 Å². The second-order valence-corrected chi connectivity index (χ2v) is 11.7. The summed E-state index contributed by atoms with van der Waals surface area (Å²) in [5.41, 5.74) is -0.271. The second-order valence-electron chi connectivity index (χ2n) is 7.91. The summed E-state index contributed by atoms with van der Waals surface area (Å²) in [6, 6.07) is 3.53. The first-order valence-corrected chi connectivity index (χ1v) is 12.1. The number of fused-ring (bicyclic) bond motifs is 1. The summed E-state index contributed by atoms with van der Waals surface area (Å²) in [5, 5.41) is 2.17. The van der Waals surface area contributed by atoms with E-state index in [4.69, 9.17) is 16.3 Å². The normalized spacial score (nSPS) is 24.0. The van der Waals surface area contributed by atoms with Crippen molar-refractivity contribution in [3.8, 4) is 0 Å². The Hall–Kier alpha value is -1.85. The van der Waals surface area contributed by atoms with Gasteiger partial charge in [0.15, 0.2) is 15.0 Å². The van der Waals surface area contributed by atoms with Crippen molar-refractivity contribution in [2.24, 2.45) is 4.99 Å². The lowest BCUT2D eigenvalue weighted by Gasteiger charge is -2.24. The zero-order valence-electron chi connectivity index (χ0n) is 16.5. The zero-order chi connectivity index (χ0) is 22.3. The predicted molar refractivity (Wildman–Crippen MR) is 114 cm³/mol. The molecule has 0 radical (unpaired) electrons. The summed E-state index contributed by atoms with van der Waals surface area (Å²) in [4.78, 5) is 29.7. The molecule has 1 N–H and O–H groups in total. The van der Waals surface area contributed by atoms with Crippen molar-refractivity contribution < 1.29 is 27.1 Å². The van der Waals surface area contributed by atoms with E-state index in [1.165, 1.54) is 18.2 Å². The average molecular weight is 478 g/mol. The fourth-order valence-electron chi connectivity index (χ4n) is 3.11. The molecule has 0 unspecified atom stereocenters. The van der Waals surface area contributed by atoms with Crippen LogP contribution in [0.5, 0.6) is 0 Å². The van der Waals surface area contributed by atoms with E-state index in [9.17, 15) is 22.4 Å². The molecule has 1 aromatic rings. The minimum absolute atomic E-state index is 0.0445. The van der Waals surface area contributed by atoms with Crippen LogP contribution in [-0.2, 0) is 19.4 Å². The first-order valence-electron chi connectivity index (χ1n) is 9.04. The first-order chi connectivity index (χ1) is 13.8. The van der Waals surface area contributed by atoms with Gasteiger partial charge in [0, 0.05) is 10.9 Å². The fraction of sp³-hybridized carbons (Fsp3) is 0.500. The quantitative estimate of drug-likeness (QED) is 0.713. The molecule has 0 aliphatic carbocycles. The van der Waals surface area contributed by atoms with Gasteiger partial charge in [-0.3, -0.25) is 4.79 Å². The average Bonchev–Trinajstić information content (AvgIpc) is 3.05. The van der Waals surface area contributed by atoms with Gasteiger partial charge in [0.05, 0.1) is 22.6 Å². The fourth-order valence-corrected chi connectivity index (χ4v) is 7.22. The van der Waals surface area contributed by atoms with Gasteiger partial charge in [-0.2, -0.15) is 4.99 Å². The Morgan fingerprint density at radius 1 is 1.37 bits per heavy atom. The van der Waals surface area contributed by atoms with E-state index in [0.29, 0.717) is 5.69 Å². The number of rotatable bonds is 3. The number of anilines is 1. The number of carbonyl (C=O) groups is 2. The van der Waals surface area contributed by atoms with Gasteiger partial charge in [-0.25, -0.2) is 17.6 Å². The van der Waals surface area contributed by atoms with Crippen LogP contribution in [-0.4, -0.2) is 60.5 Å². The molecule has 2 fully saturated rings. The number of halogens is 2. The van der Waals surface area contributed by atoms with Crippen LogP contribution >= 0.6 is 23.4 Å². The van der Waals surface area contributed by atoms with Crippen molar-refractivity contribution in [1.29, 1.82) is 0 Å². The molecule has 0 bridgehead atoms. The number of thioether (sulfide) groups is 1. The van der Waals surface area contributed by atoms with Crippen LogP contribution in [0.3, 0.4) is 0 Å². The molecule has 0 spiro atoms. The van der Waals surface area contributed by atoms with E-state index in [1.54, 1.807) is 25.7 Å². The molecule has 2 heterocycles. The Kier molecular flexibility index (Phi) is 6.35. The third kappa shape index (κ3) is 5.44. The SMILES string of the molecule is CC(C)(C)OC(=O)NCC(=O)N=C1S[C@@H]2CS(=O)(=O)C[C@H]2N1c1ccc(F)c(Cl)c1. The zero-order valence-corrected chi connectivity index (χ0v) is 18.9. The third-order valence-corrected chi connectivity index (χ3v) is 7.75. The maximum Gasteiger partial charge on any atom is 0.408 e. The first kappa shape index (κ1) is 22.8. The monoisotopic (exact) mass is 477 g/mol. The van der Waals surface area contributed by atoms with Crippen molar-refractivity contribution >= 4 is 56.1 Å². The maximum atomic E-state index is 13.6. The number of carbonyl (C=O) groups excluding carboxylic acids is 2. The van der Waals surface area contributed by atoms with Crippen LogP contribution in [0.1, 0.15) is 20.8 Å².